The number of fused-ring (bicyclic) bond motifs is 1. The van der Waals surface area contributed by atoms with Gasteiger partial charge in [-0.15, -0.1) is 0 Å². The third kappa shape index (κ3) is 3.23. The summed E-state index contributed by atoms with van der Waals surface area (Å²) >= 11 is 3.36. The van der Waals surface area contributed by atoms with E-state index in [1.54, 1.807) is 72.8 Å². The van der Waals surface area contributed by atoms with E-state index in [2.05, 4.69) is 15.9 Å². The average molecular weight is 435 g/mol. The number of benzene rings is 3. The molecule has 0 saturated heterocycles. The highest BCUT2D eigenvalue weighted by Gasteiger charge is 2.37. The first-order chi connectivity index (χ1) is 13.6. The van der Waals surface area contributed by atoms with Gasteiger partial charge in [-0.2, -0.15) is 0 Å². The van der Waals surface area contributed by atoms with Crippen LogP contribution in [0, 0.1) is 0 Å². The number of halogens is 1. The minimum Gasteiger partial charge on any atom is -0.290 e. The van der Waals surface area contributed by atoms with Gasteiger partial charge in [-0.1, -0.05) is 46.3 Å². The maximum atomic E-state index is 13.2. The minimum atomic E-state index is -0.398. The molecule has 3 aromatic carbocycles. The van der Waals surface area contributed by atoms with Gasteiger partial charge in [-0.3, -0.25) is 24.2 Å². The Bertz CT molecular complexity index is 1030. The second-order valence-corrected chi connectivity index (χ2v) is 7.22. The number of carbonyl (C=O) groups is 3. The van der Waals surface area contributed by atoms with Crippen LogP contribution in [0.5, 0.6) is 0 Å². The van der Waals surface area contributed by atoms with E-state index in [1.807, 2.05) is 6.07 Å². The average Bonchev–Trinajstić information content (AvgIpc) is 2.97. The van der Waals surface area contributed by atoms with Crippen molar-refractivity contribution >= 4 is 39.3 Å². The van der Waals surface area contributed by atoms with Gasteiger partial charge >= 0.3 is 0 Å². The summed E-state index contributed by atoms with van der Waals surface area (Å²) in [5.74, 6) is -1.09. The van der Waals surface area contributed by atoms with Gasteiger partial charge in [0.2, 0.25) is 0 Å². The third-order valence-electron chi connectivity index (χ3n) is 4.57. The van der Waals surface area contributed by atoms with E-state index >= 15 is 0 Å². The zero-order valence-corrected chi connectivity index (χ0v) is 16.3. The fourth-order valence-electron chi connectivity index (χ4n) is 3.13. The van der Waals surface area contributed by atoms with Crippen LogP contribution in [0.15, 0.2) is 83.3 Å². The molecule has 0 radical (unpaired) electrons. The van der Waals surface area contributed by atoms with Crippen LogP contribution in [0.25, 0.3) is 0 Å². The number of rotatable bonds is 4. The fraction of sp³-hybridized carbons (Fsp3) is 0.0455. The highest BCUT2D eigenvalue weighted by Crippen LogP contribution is 2.25. The Morgan fingerprint density at radius 1 is 0.786 bits per heavy atom. The van der Waals surface area contributed by atoms with E-state index in [1.165, 1.54) is 4.90 Å². The topological polar surface area (TPSA) is 57.7 Å². The maximum Gasteiger partial charge on any atom is 0.263 e. The predicted molar refractivity (Wildman–Crippen MR) is 109 cm³/mol. The normalized spacial score (nSPS) is 12.8. The van der Waals surface area contributed by atoms with Crippen molar-refractivity contribution < 1.29 is 14.4 Å². The van der Waals surface area contributed by atoms with Gasteiger partial charge in [0.1, 0.15) is 6.67 Å². The molecule has 0 unspecified atom stereocenters. The number of carbonyl (C=O) groups excluding carboxylic acids is 3. The van der Waals surface area contributed by atoms with Gasteiger partial charge in [0.25, 0.3) is 17.7 Å². The lowest BCUT2D eigenvalue weighted by molar-refractivity contribution is 0.0650. The van der Waals surface area contributed by atoms with Crippen LogP contribution >= 0.6 is 15.9 Å². The van der Waals surface area contributed by atoms with Gasteiger partial charge in [-0.05, 0) is 48.5 Å². The molecule has 0 aromatic heterocycles. The Kier molecular flexibility index (Phi) is 4.79. The number of nitrogens with zero attached hydrogens (tertiary/aromatic N) is 2. The first kappa shape index (κ1) is 18.1. The highest BCUT2D eigenvalue weighted by molar-refractivity contribution is 9.10. The van der Waals surface area contributed by atoms with Crippen LogP contribution < -0.4 is 4.90 Å². The van der Waals surface area contributed by atoms with Crippen molar-refractivity contribution in [2.75, 3.05) is 11.6 Å². The van der Waals surface area contributed by atoms with Crippen LogP contribution in [0.2, 0.25) is 0 Å². The lowest BCUT2D eigenvalue weighted by atomic mass is 10.1. The fourth-order valence-corrected chi connectivity index (χ4v) is 3.39. The lowest BCUT2D eigenvalue weighted by Crippen LogP contribution is -2.44. The molecule has 3 amide bonds. The van der Waals surface area contributed by atoms with Crippen molar-refractivity contribution in [3.05, 3.63) is 100 Å². The maximum absolute atomic E-state index is 13.2. The van der Waals surface area contributed by atoms with Gasteiger partial charge in [0, 0.05) is 15.7 Å². The summed E-state index contributed by atoms with van der Waals surface area (Å²) in [6, 6.07) is 22.6. The molecular formula is C22H15BrN2O3. The van der Waals surface area contributed by atoms with E-state index in [0.29, 0.717) is 22.4 Å². The first-order valence-electron chi connectivity index (χ1n) is 8.64. The van der Waals surface area contributed by atoms with Crippen LogP contribution in [0.1, 0.15) is 31.1 Å². The Balaban J connectivity index is 1.69. The number of anilines is 1. The SMILES string of the molecule is O=C1c2ccccc2C(=O)N1CN(C(=O)c1ccc(Br)cc1)c1ccccc1. The highest BCUT2D eigenvalue weighted by atomic mass is 79.9. The van der Waals surface area contributed by atoms with Crippen LogP contribution in [0.3, 0.4) is 0 Å². The molecule has 6 heteroatoms. The Morgan fingerprint density at radius 3 is 1.89 bits per heavy atom. The van der Waals surface area contributed by atoms with E-state index in [-0.39, 0.29) is 12.6 Å². The molecular weight excluding hydrogens is 420 g/mol. The van der Waals surface area contributed by atoms with Gasteiger partial charge in [-0.25, -0.2) is 0 Å². The van der Waals surface area contributed by atoms with Crippen molar-refractivity contribution in [3.8, 4) is 0 Å². The summed E-state index contributed by atoms with van der Waals surface area (Å²) in [7, 11) is 0. The van der Waals surface area contributed by atoms with E-state index in [9.17, 15) is 14.4 Å². The molecule has 3 aromatic rings. The van der Waals surface area contributed by atoms with Gasteiger partial charge < -0.3 is 0 Å². The number of hydrogen-bond acceptors (Lipinski definition) is 3. The molecule has 5 nitrogen and oxygen atoms in total. The molecule has 0 fully saturated rings. The van der Waals surface area contributed by atoms with E-state index in [4.69, 9.17) is 0 Å². The largest absolute Gasteiger partial charge is 0.290 e. The van der Waals surface area contributed by atoms with E-state index in [0.717, 1.165) is 9.37 Å². The van der Waals surface area contributed by atoms with Crippen LogP contribution in [0.4, 0.5) is 5.69 Å². The van der Waals surface area contributed by atoms with E-state index < -0.39 is 11.8 Å². The quantitative estimate of drug-likeness (QED) is 0.573. The zero-order valence-electron chi connectivity index (χ0n) is 14.7. The van der Waals surface area contributed by atoms with Crippen LogP contribution in [-0.4, -0.2) is 29.3 Å². The smallest absolute Gasteiger partial charge is 0.263 e. The molecule has 0 spiro atoms. The van der Waals surface area contributed by atoms with Gasteiger partial charge in [0.05, 0.1) is 11.1 Å². The van der Waals surface area contributed by atoms with Crippen molar-refractivity contribution in [2.24, 2.45) is 0 Å². The molecule has 1 aliphatic rings. The number of hydrogen-bond donors (Lipinski definition) is 0. The van der Waals surface area contributed by atoms with Crippen molar-refractivity contribution in [1.29, 1.82) is 0 Å². The summed E-state index contributed by atoms with van der Waals surface area (Å²) in [5.41, 5.74) is 1.78. The molecule has 1 aliphatic heterocycles. The molecule has 4 rings (SSSR count). The molecule has 138 valence electrons. The summed E-state index contributed by atoms with van der Waals surface area (Å²) in [6.07, 6.45) is 0. The Morgan fingerprint density at radius 2 is 1.32 bits per heavy atom. The number of imide groups is 1. The standard InChI is InChI=1S/C22H15BrN2O3/c23-16-12-10-15(11-13-16)20(26)24(17-6-2-1-3-7-17)14-25-21(27)18-8-4-5-9-19(18)22(25)28/h1-13H,14H2. The van der Waals surface area contributed by atoms with Crippen molar-refractivity contribution in [2.45, 2.75) is 0 Å². The molecule has 0 aliphatic carbocycles. The summed E-state index contributed by atoms with van der Waals surface area (Å²) in [5, 5.41) is 0. The van der Waals surface area contributed by atoms with Crippen molar-refractivity contribution in [1.82, 2.24) is 4.90 Å². The third-order valence-corrected chi connectivity index (χ3v) is 5.09. The first-order valence-corrected chi connectivity index (χ1v) is 9.43. The van der Waals surface area contributed by atoms with Crippen LogP contribution in [-0.2, 0) is 0 Å². The second kappa shape index (κ2) is 7.40. The molecule has 1 heterocycles. The lowest BCUT2D eigenvalue weighted by Gasteiger charge is -2.27. The zero-order chi connectivity index (χ0) is 19.7. The number of amides is 3. The molecule has 0 bridgehead atoms. The van der Waals surface area contributed by atoms with Crippen molar-refractivity contribution in [3.63, 3.8) is 0 Å². The van der Waals surface area contributed by atoms with Gasteiger partial charge in [0.15, 0.2) is 0 Å². The predicted octanol–water partition coefficient (Wildman–Crippen LogP) is 4.35. The minimum absolute atomic E-state index is 0.161. The molecule has 0 saturated carbocycles. The summed E-state index contributed by atoms with van der Waals surface area (Å²) in [6.45, 7) is -0.161. The Labute approximate surface area is 170 Å². The molecule has 28 heavy (non-hydrogen) atoms. The molecule has 0 atom stereocenters. The Hall–Kier alpha value is -3.25. The number of para-hydroxylation sites is 1. The molecule has 0 N–H and O–H groups in total. The second-order valence-electron chi connectivity index (χ2n) is 6.30. The monoisotopic (exact) mass is 434 g/mol. The summed E-state index contributed by atoms with van der Waals surface area (Å²) < 4.78 is 0.857. The summed E-state index contributed by atoms with van der Waals surface area (Å²) in [4.78, 5) is 41.2.